The van der Waals surface area contributed by atoms with Gasteiger partial charge in [-0.05, 0) is 40.8 Å². The van der Waals surface area contributed by atoms with Crippen LogP contribution in [0.25, 0.3) is 0 Å². The minimum absolute atomic E-state index is 0.240. The predicted octanol–water partition coefficient (Wildman–Crippen LogP) is 1.84. The third-order valence-corrected chi connectivity index (χ3v) is 4.26. The van der Waals surface area contributed by atoms with Gasteiger partial charge in [-0.3, -0.25) is 9.69 Å². The smallest absolute Gasteiger partial charge is 0.160 e. The van der Waals surface area contributed by atoms with E-state index in [1.165, 1.54) is 0 Å². The third kappa shape index (κ3) is 2.56. The summed E-state index contributed by atoms with van der Waals surface area (Å²) in [6.45, 7) is 4.11. The maximum Gasteiger partial charge on any atom is 0.160 e. The Balaban J connectivity index is 2.18. The van der Waals surface area contributed by atoms with E-state index in [1.807, 2.05) is 18.8 Å². The van der Waals surface area contributed by atoms with E-state index in [0.717, 1.165) is 31.5 Å². The standard InChI is InChI=1S/C14H24N4O/c1-11(2)18-13(15-10-16-18)9-12(19)14(17(3)4)7-5-6-8-14/h10-11H,5-9H2,1-4H3. The number of carbonyl (C=O) groups excluding carboxylic acids is 1. The summed E-state index contributed by atoms with van der Waals surface area (Å²) in [5, 5.41) is 4.20. The summed E-state index contributed by atoms with van der Waals surface area (Å²) < 4.78 is 1.84. The summed E-state index contributed by atoms with van der Waals surface area (Å²) in [4.78, 5) is 19.1. The Morgan fingerprint density at radius 2 is 2.05 bits per heavy atom. The molecule has 1 fully saturated rings. The molecule has 1 heterocycles. The third-order valence-electron chi connectivity index (χ3n) is 4.26. The number of hydrogen-bond acceptors (Lipinski definition) is 4. The molecule has 1 saturated carbocycles. The molecule has 0 unspecified atom stereocenters. The highest BCUT2D eigenvalue weighted by Crippen LogP contribution is 2.35. The van der Waals surface area contributed by atoms with Gasteiger partial charge in [-0.2, -0.15) is 5.10 Å². The van der Waals surface area contributed by atoms with Gasteiger partial charge in [-0.1, -0.05) is 12.8 Å². The molecule has 2 rings (SSSR count). The lowest BCUT2D eigenvalue weighted by atomic mass is 9.88. The minimum atomic E-state index is -0.284. The van der Waals surface area contributed by atoms with Crippen molar-refractivity contribution in [2.45, 2.75) is 57.5 Å². The van der Waals surface area contributed by atoms with Crippen molar-refractivity contribution in [3.8, 4) is 0 Å². The van der Waals surface area contributed by atoms with Crippen molar-refractivity contribution in [2.24, 2.45) is 0 Å². The van der Waals surface area contributed by atoms with Crippen LogP contribution in [-0.4, -0.2) is 45.1 Å². The van der Waals surface area contributed by atoms with Crippen LogP contribution in [0.15, 0.2) is 6.33 Å². The summed E-state index contributed by atoms with van der Waals surface area (Å²) in [6.07, 6.45) is 6.14. The normalized spacial score (nSPS) is 18.4. The van der Waals surface area contributed by atoms with Gasteiger partial charge in [0.15, 0.2) is 5.78 Å². The number of likely N-dealkylation sites (N-methyl/N-ethyl adjacent to an activating group) is 1. The highest BCUT2D eigenvalue weighted by atomic mass is 16.1. The van der Waals surface area contributed by atoms with E-state index in [0.29, 0.717) is 6.42 Å². The van der Waals surface area contributed by atoms with E-state index < -0.39 is 0 Å². The highest BCUT2D eigenvalue weighted by Gasteiger charge is 2.42. The first-order valence-corrected chi connectivity index (χ1v) is 7.06. The number of nitrogens with zero attached hydrogens (tertiary/aromatic N) is 4. The van der Waals surface area contributed by atoms with Gasteiger partial charge in [0.05, 0.1) is 12.0 Å². The largest absolute Gasteiger partial charge is 0.297 e. The first-order valence-electron chi connectivity index (χ1n) is 7.06. The van der Waals surface area contributed by atoms with Crippen LogP contribution in [0.5, 0.6) is 0 Å². The molecule has 1 aromatic rings. The molecule has 1 aliphatic rings. The molecule has 0 spiro atoms. The first kappa shape index (κ1) is 14.2. The molecule has 1 aromatic heterocycles. The highest BCUT2D eigenvalue weighted by molar-refractivity contribution is 5.90. The van der Waals surface area contributed by atoms with Gasteiger partial charge in [0.2, 0.25) is 0 Å². The number of carbonyl (C=O) groups is 1. The molecule has 5 nitrogen and oxygen atoms in total. The monoisotopic (exact) mass is 264 g/mol. The average Bonchev–Trinajstić information content (AvgIpc) is 2.97. The summed E-state index contributed by atoms with van der Waals surface area (Å²) >= 11 is 0. The summed E-state index contributed by atoms with van der Waals surface area (Å²) in [5.41, 5.74) is -0.284. The number of hydrogen-bond donors (Lipinski definition) is 0. The van der Waals surface area contributed by atoms with Crippen LogP contribution in [0.1, 0.15) is 51.4 Å². The Bertz CT molecular complexity index is 444. The van der Waals surface area contributed by atoms with Gasteiger partial charge < -0.3 is 0 Å². The maximum absolute atomic E-state index is 12.7. The van der Waals surface area contributed by atoms with Crippen LogP contribution in [0, 0.1) is 0 Å². The number of rotatable bonds is 5. The fourth-order valence-electron chi connectivity index (χ4n) is 3.08. The summed E-state index contributed by atoms with van der Waals surface area (Å²) in [5.74, 6) is 1.07. The van der Waals surface area contributed by atoms with Crippen molar-refractivity contribution < 1.29 is 4.79 Å². The lowest BCUT2D eigenvalue weighted by molar-refractivity contribution is -0.129. The first-order chi connectivity index (χ1) is 8.97. The molecule has 0 aromatic carbocycles. The van der Waals surface area contributed by atoms with Crippen LogP contribution in [0.3, 0.4) is 0 Å². The molecule has 0 N–H and O–H groups in total. The van der Waals surface area contributed by atoms with E-state index in [2.05, 4.69) is 28.8 Å². The summed E-state index contributed by atoms with van der Waals surface area (Å²) in [6, 6.07) is 0.240. The maximum atomic E-state index is 12.7. The molecular formula is C14H24N4O. The van der Waals surface area contributed by atoms with Crippen LogP contribution in [0.2, 0.25) is 0 Å². The second kappa shape index (κ2) is 5.41. The molecule has 5 heteroatoms. The lowest BCUT2D eigenvalue weighted by Crippen LogP contribution is -2.49. The van der Waals surface area contributed by atoms with E-state index in [-0.39, 0.29) is 17.4 Å². The minimum Gasteiger partial charge on any atom is -0.297 e. The Morgan fingerprint density at radius 1 is 1.42 bits per heavy atom. The van der Waals surface area contributed by atoms with Gasteiger partial charge in [0, 0.05) is 6.04 Å². The van der Waals surface area contributed by atoms with Crippen molar-refractivity contribution in [3.63, 3.8) is 0 Å². The van der Waals surface area contributed by atoms with Crippen LogP contribution >= 0.6 is 0 Å². The number of aromatic nitrogens is 3. The van der Waals surface area contributed by atoms with Crippen LogP contribution in [-0.2, 0) is 11.2 Å². The van der Waals surface area contributed by atoms with Crippen LogP contribution < -0.4 is 0 Å². The molecule has 19 heavy (non-hydrogen) atoms. The summed E-state index contributed by atoms with van der Waals surface area (Å²) in [7, 11) is 4.02. The van der Waals surface area contributed by atoms with E-state index in [1.54, 1.807) is 6.33 Å². The van der Waals surface area contributed by atoms with E-state index >= 15 is 0 Å². The molecule has 0 atom stereocenters. The molecule has 106 valence electrons. The van der Waals surface area contributed by atoms with Gasteiger partial charge in [-0.15, -0.1) is 0 Å². The van der Waals surface area contributed by atoms with E-state index in [9.17, 15) is 4.79 Å². The molecule has 0 aliphatic heterocycles. The van der Waals surface area contributed by atoms with Gasteiger partial charge >= 0.3 is 0 Å². The van der Waals surface area contributed by atoms with Gasteiger partial charge in [0.1, 0.15) is 12.2 Å². The molecule has 0 amide bonds. The van der Waals surface area contributed by atoms with Crippen molar-refractivity contribution in [3.05, 3.63) is 12.2 Å². The topological polar surface area (TPSA) is 51.0 Å². The van der Waals surface area contributed by atoms with Gasteiger partial charge in [0.25, 0.3) is 0 Å². The fourth-order valence-corrected chi connectivity index (χ4v) is 3.08. The SMILES string of the molecule is CC(C)n1ncnc1CC(=O)C1(N(C)C)CCCC1. The van der Waals surface area contributed by atoms with Crippen molar-refractivity contribution in [1.29, 1.82) is 0 Å². The lowest BCUT2D eigenvalue weighted by Gasteiger charge is -2.34. The Hall–Kier alpha value is -1.23. The van der Waals surface area contributed by atoms with Crippen LogP contribution in [0.4, 0.5) is 0 Å². The Labute approximate surface area is 115 Å². The molecule has 0 bridgehead atoms. The molecule has 0 radical (unpaired) electrons. The fraction of sp³-hybridized carbons (Fsp3) is 0.786. The van der Waals surface area contributed by atoms with Gasteiger partial charge in [-0.25, -0.2) is 9.67 Å². The zero-order chi connectivity index (χ0) is 14.0. The van der Waals surface area contributed by atoms with Crippen molar-refractivity contribution in [1.82, 2.24) is 19.7 Å². The van der Waals surface area contributed by atoms with E-state index in [4.69, 9.17) is 0 Å². The Morgan fingerprint density at radius 3 is 2.58 bits per heavy atom. The quantitative estimate of drug-likeness (QED) is 0.814. The molecule has 0 saturated heterocycles. The zero-order valence-corrected chi connectivity index (χ0v) is 12.4. The Kier molecular flexibility index (Phi) is 4.04. The molecule has 1 aliphatic carbocycles. The van der Waals surface area contributed by atoms with Crippen molar-refractivity contribution >= 4 is 5.78 Å². The average molecular weight is 264 g/mol. The number of Topliss-reactive ketones (excluding diaryl/α,β-unsaturated/α-hetero) is 1. The number of ketones is 1. The molecular weight excluding hydrogens is 240 g/mol. The second-order valence-electron chi connectivity index (χ2n) is 5.95. The predicted molar refractivity (Wildman–Crippen MR) is 74.0 cm³/mol. The zero-order valence-electron chi connectivity index (χ0n) is 12.4. The van der Waals surface area contributed by atoms with Crippen molar-refractivity contribution in [2.75, 3.05) is 14.1 Å². The second-order valence-corrected chi connectivity index (χ2v) is 5.95.